The first-order chi connectivity index (χ1) is 17.0. The molecule has 6 nitrogen and oxygen atoms in total. The largest absolute Gasteiger partial charge is 0.345 e. The second-order valence-corrected chi connectivity index (χ2v) is 10.5. The number of nitrogens with zero attached hydrogens (tertiary/aromatic N) is 2. The van der Waals surface area contributed by atoms with Gasteiger partial charge in [0.1, 0.15) is 0 Å². The first-order valence-corrected chi connectivity index (χ1v) is 12.9. The zero-order valence-electron chi connectivity index (χ0n) is 20.1. The number of thiazole rings is 1. The summed E-state index contributed by atoms with van der Waals surface area (Å²) in [5.74, 6) is -0.0445. The average molecular weight is 487 g/mol. The van der Waals surface area contributed by atoms with Gasteiger partial charge in [-0.05, 0) is 59.9 Å². The Morgan fingerprint density at radius 1 is 1.03 bits per heavy atom. The maximum absolute atomic E-state index is 13.0. The van der Waals surface area contributed by atoms with Crippen LogP contribution in [0, 0.1) is 5.92 Å². The molecule has 35 heavy (non-hydrogen) atoms. The quantitative estimate of drug-likeness (QED) is 0.381. The van der Waals surface area contributed by atoms with E-state index in [0.717, 1.165) is 42.4 Å². The third kappa shape index (κ3) is 5.36. The number of fused-ring (bicyclic) bond motifs is 2. The molecule has 1 saturated carbocycles. The Bertz CT molecular complexity index is 1380. The van der Waals surface area contributed by atoms with Crippen molar-refractivity contribution in [3.8, 4) is 0 Å². The highest BCUT2D eigenvalue weighted by Crippen LogP contribution is 2.30. The number of carbonyl (C=O) groups excluding carboxylic acids is 2. The summed E-state index contributed by atoms with van der Waals surface area (Å²) < 4.78 is 0.895. The minimum atomic E-state index is -0.0460. The fourth-order valence-electron chi connectivity index (χ4n) is 4.80. The summed E-state index contributed by atoms with van der Waals surface area (Å²) in [6.07, 6.45) is 3.84. The predicted octanol–water partition coefficient (Wildman–Crippen LogP) is 5.44. The standard InChI is InChI=1S/C28H30N4O2S/c1-32(2)27(34)22-12-13-24-25(16-22)35-28(30-24)31-26(33)21-8-5-9-23(15-21)29-17-18-10-11-19-6-3-4-7-20(19)14-18/h3-4,6-7,10-14,16,21,23,29H,5,8-9,15,17H2,1-2H3,(H,30,31,33)/t21-,23+/m1/s1. The normalized spacial score (nSPS) is 18.0. The second-order valence-electron chi connectivity index (χ2n) is 9.51. The molecule has 1 heterocycles. The van der Waals surface area contributed by atoms with Gasteiger partial charge in [-0.25, -0.2) is 4.98 Å². The Morgan fingerprint density at radius 2 is 1.86 bits per heavy atom. The highest BCUT2D eigenvalue weighted by atomic mass is 32.1. The van der Waals surface area contributed by atoms with Gasteiger partial charge in [0.25, 0.3) is 5.91 Å². The molecule has 0 bridgehead atoms. The average Bonchev–Trinajstić information content (AvgIpc) is 3.28. The van der Waals surface area contributed by atoms with E-state index in [-0.39, 0.29) is 17.7 Å². The molecule has 3 aromatic carbocycles. The molecular weight excluding hydrogens is 456 g/mol. The fourth-order valence-corrected chi connectivity index (χ4v) is 5.71. The molecule has 1 fully saturated rings. The van der Waals surface area contributed by atoms with E-state index in [2.05, 4.69) is 58.1 Å². The molecule has 0 saturated heterocycles. The molecule has 2 amide bonds. The number of benzene rings is 3. The van der Waals surface area contributed by atoms with E-state index < -0.39 is 0 Å². The van der Waals surface area contributed by atoms with Crippen LogP contribution in [0.25, 0.3) is 21.0 Å². The van der Waals surface area contributed by atoms with Crippen LogP contribution in [0.2, 0.25) is 0 Å². The van der Waals surface area contributed by atoms with Crippen LogP contribution in [0.3, 0.4) is 0 Å². The third-order valence-electron chi connectivity index (χ3n) is 6.73. The van der Waals surface area contributed by atoms with E-state index in [9.17, 15) is 9.59 Å². The van der Waals surface area contributed by atoms with Crippen molar-refractivity contribution in [2.24, 2.45) is 5.92 Å². The SMILES string of the molecule is CN(C)C(=O)c1ccc2nc(NC(=O)[C@@H]3CCC[C@H](NCc4ccc5ccccc5c4)C3)sc2c1. The Balaban J connectivity index is 1.19. The molecule has 2 N–H and O–H groups in total. The Kier molecular flexibility index (Phi) is 6.79. The van der Waals surface area contributed by atoms with Crippen molar-refractivity contribution in [3.05, 3.63) is 71.8 Å². The van der Waals surface area contributed by atoms with Gasteiger partial charge in [-0.2, -0.15) is 0 Å². The minimum Gasteiger partial charge on any atom is -0.345 e. The van der Waals surface area contributed by atoms with Gasteiger partial charge < -0.3 is 15.5 Å². The van der Waals surface area contributed by atoms with Gasteiger partial charge in [-0.3, -0.25) is 9.59 Å². The van der Waals surface area contributed by atoms with Gasteiger partial charge in [-0.15, -0.1) is 0 Å². The van der Waals surface area contributed by atoms with Crippen LogP contribution in [0.1, 0.15) is 41.6 Å². The molecular formula is C28H30N4O2S. The van der Waals surface area contributed by atoms with E-state index in [0.29, 0.717) is 16.7 Å². The van der Waals surface area contributed by atoms with Gasteiger partial charge in [0.05, 0.1) is 10.2 Å². The van der Waals surface area contributed by atoms with Gasteiger partial charge in [0.15, 0.2) is 5.13 Å². The number of amides is 2. The first-order valence-electron chi connectivity index (χ1n) is 12.1. The molecule has 0 spiro atoms. The zero-order valence-corrected chi connectivity index (χ0v) is 20.9. The van der Waals surface area contributed by atoms with Gasteiger partial charge in [0.2, 0.25) is 5.91 Å². The Hall–Kier alpha value is -3.29. The molecule has 7 heteroatoms. The topological polar surface area (TPSA) is 74.3 Å². The molecule has 0 radical (unpaired) electrons. The van der Waals surface area contributed by atoms with Gasteiger partial charge >= 0.3 is 0 Å². The molecule has 2 atom stereocenters. The van der Waals surface area contributed by atoms with Crippen LogP contribution < -0.4 is 10.6 Å². The van der Waals surface area contributed by atoms with Crippen molar-refractivity contribution in [2.45, 2.75) is 38.3 Å². The Morgan fingerprint density at radius 3 is 2.69 bits per heavy atom. The van der Waals surface area contributed by atoms with E-state index >= 15 is 0 Å². The summed E-state index contributed by atoms with van der Waals surface area (Å²) in [6.45, 7) is 0.801. The molecule has 5 rings (SSSR count). The lowest BCUT2D eigenvalue weighted by Gasteiger charge is -2.29. The van der Waals surface area contributed by atoms with E-state index in [4.69, 9.17) is 0 Å². The van der Waals surface area contributed by atoms with E-state index in [1.54, 1.807) is 25.1 Å². The maximum Gasteiger partial charge on any atom is 0.253 e. The van der Waals surface area contributed by atoms with Gasteiger partial charge in [0, 0.05) is 38.2 Å². The summed E-state index contributed by atoms with van der Waals surface area (Å²) in [4.78, 5) is 31.4. The van der Waals surface area contributed by atoms with Crippen molar-refractivity contribution in [1.29, 1.82) is 0 Å². The van der Waals surface area contributed by atoms with Crippen molar-refractivity contribution < 1.29 is 9.59 Å². The summed E-state index contributed by atoms with van der Waals surface area (Å²) in [5.41, 5.74) is 2.67. The summed E-state index contributed by atoms with van der Waals surface area (Å²) in [7, 11) is 3.47. The lowest BCUT2D eigenvalue weighted by atomic mass is 9.85. The fraction of sp³-hybridized carbons (Fsp3) is 0.321. The second kappa shape index (κ2) is 10.1. The van der Waals surface area contributed by atoms with Crippen molar-refractivity contribution in [2.75, 3.05) is 19.4 Å². The van der Waals surface area contributed by atoms with Crippen LogP contribution in [0.4, 0.5) is 5.13 Å². The van der Waals surface area contributed by atoms with Crippen LogP contribution in [0.5, 0.6) is 0 Å². The maximum atomic E-state index is 13.0. The predicted molar refractivity (Wildman–Crippen MR) is 143 cm³/mol. The number of anilines is 1. The van der Waals surface area contributed by atoms with Crippen molar-refractivity contribution >= 4 is 49.3 Å². The smallest absolute Gasteiger partial charge is 0.253 e. The lowest BCUT2D eigenvalue weighted by molar-refractivity contribution is -0.121. The van der Waals surface area contributed by atoms with E-state index in [1.807, 2.05) is 12.1 Å². The summed E-state index contributed by atoms with van der Waals surface area (Å²) in [6, 6.07) is 20.8. The van der Waals surface area contributed by atoms with Crippen LogP contribution in [0.15, 0.2) is 60.7 Å². The number of carbonyl (C=O) groups is 2. The number of nitrogens with one attached hydrogen (secondary N) is 2. The molecule has 1 aliphatic rings. The molecule has 180 valence electrons. The van der Waals surface area contributed by atoms with Crippen LogP contribution >= 0.6 is 11.3 Å². The third-order valence-corrected chi connectivity index (χ3v) is 7.66. The molecule has 1 aliphatic carbocycles. The van der Waals surface area contributed by atoms with E-state index in [1.165, 1.54) is 27.7 Å². The number of hydrogen-bond acceptors (Lipinski definition) is 5. The molecule has 0 aliphatic heterocycles. The molecule has 0 unspecified atom stereocenters. The van der Waals surface area contributed by atoms with Crippen LogP contribution in [-0.4, -0.2) is 41.8 Å². The van der Waals surface area contributed by atoms with Crippen LogP contribution in [-0.2, 0) is 11.3 Å². The highest BCUT2D eigenvalue weighted by molar-refractivity contribution is 7.22. The lowest BCUT2D eigenvalue weighted by Crippen LogP contribution is -2.37. The van der Waals surface area contributed by atoms with Crippen molar-refractivity contribution in [3.63, 3.8) is 0 Å². The molecule has 4 aromatic rings. The highest BCUT2D eigenvalue weighted by Gasteiger charge is 2.27. The number of rotatable bonds is 6. The van der Waals surface area contributed by atoms with Gasteiger partial charge in [-0.1, -0.05) is 54.2 Å². The summed E-state index contributed by atoms with van der Waals surface area (Å²) in [5, 5.41) is 9.79. The number of aromatic nitrogens is 1. The first kappa shape index (κ1) is 23.5. The zero-order chi connectivity index (χ0) is 24.4. The summed E-state index contributed by atoms with van der Waals surface area (Å²) >= 11 is 1.41. The monoisotopic (exact) mass is 486 g/mol. The Labute approximate surface area is 209 Å². The number of hydrogen-bond donors (Lipinski definition) is 2. The minimum absolute atomic E-state index is 0.0317. The molecule has 1 aromatic heterocycles. The van der Waals surface area contributed by atoms with Crippen molar-refractivity contribution in [1.82, 2.24) is 15.2 Å².